The molecule has 8 heteroatoms. The van der Waals surface area contributed by atoms with Crippen LogP contribution in [0.4, 0.5) is 0 Å². The van der Waals surface area contributed by atoms with Crippen LogP contribution in [0.1, 0.15) is 16.3 Å². The summed E-state index contributed by atoms with van der Waals surface area (Å²) in [5.74, 6) is 1.33. The van der Waals surface area contributed by atoms with Gasteiger partial charge in [0.1, 0.15) is 12.2 Å². The normalized spacial score (nSPS) is 10.6. The second-order valence-electron chi connectivity index (χ2n) is 3.99. The van der Waals surface area contributed by atoms with Gasteiger partial charge >= 0.3 is 0 Å². The van der Waals surface area contributed by atoms with Crippen LogP contribution in [0.3, 0.4) is 0 Å². The van der Waals surface area contributed by atoms with Gasteiger partial charge in [0.25, 0.3) is 5.91 Å². The molecule has 0 spiro atoms. The smallest absolute Gasteiger partial charge is 0.273 e. The summed E-state index contributed by atoms with van der Waals surface area (Å²) < 4.78 is 10.2. The second kappa shape index (κ2) is 5.39. The third-order valence-corrected chi connectivity index (χ3v) is 2.62. The first-order chi connectivity index (χ1) is 9.83. The van der Waals surface area contributed by atoms with Crippen molar-refractivity contribution in [3.63, 3.8) is 0 Å². The molecule has 0 fully saturated rings. The maximum atomic E-state index is 11.8. The summed E-state index contributed by atoms with van der Waals surface area (Å²) in [5, 5.41) is 12.9. The molecule has 1 amide bonds. The Hall–Kier alpha value is -2.90. The SMILES string of the molecule is O=C(NCCc1ncn[nH]1)c1cc(-c2ccco2)on1. The van der Waals surface area contributed by atoms with Crippen LogP contribution in [0, 0.1) is 0 Å². The van der Waals surface area contributed by atoms with Crippen LogP contribution in [0.25, 0.3) is 11.5 Å². The summed E-state index contributed by atoms with van der Waals surface area (Å²) >= 11 is 0. The minimum atomic E-state index is -0.314. The maximum absolute atomic E-state index is 11.8. The van der Waals surface area contributed by atoms with E-state index < -0.39 is 0 Å². The molecule has 20 heavy (non-hydrogen) atoms. The molecule has 0 unspecified atom stereocenters. The van der Waals surface area contributed by atoms with Crippen molar-refractivity contribution in [2.24, 2.45) is 0 Å². The van der Waals surface area contributed by atoms with Crippen LogP contribution < -0.4 is 5.32 Å². The van der Waals surface area contributed by atoms with E-state index in [1.165, 1.54) is 18.7 Å². The summed E-state index contributed by atoms with van der Waals surface area (Å²) in [6, 6.07) is 4.99. The van der Waals surface area contributed by atoms with E-state index in [0.29, 0.717) is 30.3 Å². The zero-order chi connectivity index (χ0) is 13.8. The van der Waals surface area contributed by atoms with Crippen LogP contribution in [0.5, 0.6) is 0 Å². The predicted molar refractivity (Wildman–Crippen MR) is 66.6 cm³/mol. The number of aromatic nitrogens is 4. The van der Waals surface area contributed by atoms with E-state index in [0.717, 1.165) is 0 Å². The van der Waals surface area contributed by atoms with Crippen LogP contribution >= 0.6 is 0 Å². The number of carbonyl (C=O) groups is 1. The molecule has 0 aliphatic heterocycles. The van der Waals surface area contributed by atoms with Gasteiger partial charge < -0.3 is 14.3 Å². The fraction of sp³-hybridized carbons (Fsp3) is 0.167. The molecule has 0 radical (unpaired) electrons. The molecule has 0 saturated heterocycles. The monoisotopic (exact) mass is 273 g/mol. The Morgan fingerprint density at radius 2 is 2.35 bits per heavy atom. The molecular formula is C12H11N5O3. The van der Waals surface area contributed by atoms with Crippen molar-refractivity contribution in [2.45, 2.75) is 6.42 Å². The lowest BCUT2D eigenvalue weighted by Gasteiger charge is -1.99. The van der Waals surface area contributed by atoms with Crippen molar-refractivity contribution in [3.8, 4) is 11.5 Å². The van der Waals surface area contributed by atoms with Crippen molar-refractivity contribution in [1.82, 2.24) is 25.7 Å². The maximum Gasteiger partial charge on any atom is 0.273 e. The molecule has 0 aliphatic carbocycles. The zero-order valence-corrected chi connectivity index (χ0v) is 10.4. The molecule has 0 aliphatic rings. The molecule has 0 aromatic carbocycles. The van der Waals surface area contributed by atoms with Gasteiger partial charge in [0.15, 0.2) is 11.5 Å². The molecule has 3 aromatic heterocycles. The summed E-state index contributed by atoms with van der Waals surface area (Å²) in [6.07, 6.45) is 3.51. The van der Waals surface area contributed by atoms with E-state index in [4.69, 9.17) is 8.94 Å². The Bertz CT molecular complexity index is 672. The van der Waals surface area contributed by atoms with Gasteiger partial charge in [0.2, 0.25) is 5.76 Å². The molecule has 102 valence electrons. The summed E-state index contributed by atoms with van der Waals surface area (Å²) in [7, 11) is 0. The van der Waals surface area contributed by atoms with Crippen LogP contribution in [0.2, 0.25) is 0 Å². The lowest BCUT2D eigenvalue weighted by Crippen LogP contribution is -2.26. The quantitative estimate of drug-likeness (QED) is 0.718. The van der Waals surface area contributed by atoms with Crippen LogP contribution in [0.15, 0.2) is 39.7 Å². The first-order valence-electron chi connectivity index (χ1n) is 5.96. The average molecular weight is 273 g/mol. The molecule has 0 saturated carbocycles. The van der Waals surface area contributed by atoms with Crippen molar-refractivity contribution in [3.05, 3.63) is 42.3 Å². The molecular weight excluding hydrogens is 262 g/mol. The van der Waals surface area contributed by atoms with Gasteiger partial charge in [0.05, 0.1) is 6.26 Å². The van der Waals surface area contributed by atoms with Gasteiger partial charge in [-0.2, -0.15) is 5.10 Å². The topological polar surface area (TPSA) is 110 Å². The van der Waals surface area contributed by atoms with Gasteiger partial charge in [-0.25, -0.2) is 4.98 Å². The average Bonchev–Trinajstić information content (AvgIpc) is 3.20. The van der Waals surface area contributed by atoms with Crippen LogP contribution in [-0.2, 0) is 6.42 Å². The highest BCUT2D eigenvalue weighted by Gasteiger charge is 2.14. The number of nitrogens with one attached hydrogen (secondary N) is 2. The van der Waals surface area contributed by atoms with Crippen molar-refractivity contribution in [1.29, 1.82) is 0 Å². The van der Waals surface area contributed by atoms with E-state index in [2.05, 4.69) is 25.7 Å². The minimum absolute atomic E-state index is 0.203. The van der Waals surface area contributed by atoms with Crippen molar-refractivity contribution < 1.29 is 13.7 Å². The molecule has 3 rings (SSSR count). The van der Waals surface area contributed by atoms with Gasteiger partial charge in [-0.3, -0.25) is 9.89 Å². The first kappa shape index (κ1) is 12.2. The Kier molecular flexibility index (Phi) is 3.27. The number of H-pyrrole nitrogens is 1. The van der Waals surface area contributed by atoms with Crippen LogP contribution in [-0.4, -0.2) is 32.8 Å². The third-order valence-electron chi connectivity index (χ3n) is 2.62. The number of furan rings is 1. The molecule has 2 N–H and O–H groups in total. The highest BCUT2D eigenvalue weighted by molar-refractivity contribution is 5.92. The number of carbonyl (C=O) groups excluding carboxylic acids is 1. The highest BCUT2D eigenvalue weighted by atomic mass is 16.5. The number of hydrogen-bond donors (Lipinski definition) is 2. The van der Waals surface area contributed by atoms with Gasteiger partial charge in [-0.1, -0.05) is 5.16 Å². The van der Waals surface area contributed by atoms with Gasteiger partial charge in [-0.15, -0.1) is 0 Å². The third kappa shape index (κ3) is 2.58. The summed E-state index contributed by atoms with van der Waals surface area (Å²) in [4.78, 5) is 15.8. The zero-order valence-electron chi connectivity index (χ0n) is 10.4. The molecule has 3 heterocycles. The fourth-order valence-corrected chi connectivity index (χ4v) is 1.65. The molecule has 3 aromatic rings. The molecule has 0 bridgehead atoms. The molecule has 0 atom stereocenters. The summed E-state index contributed by atoms with van der Waals surface area (Å²) in [5.41, 5.74) is 0.203. The number of nitrogens with zero attached hydrogens (tertiary/aromatic N) is 3. The van der Waals surface area contributed by atoms with Gasteiger partial charge in [-0.05, 0) is 12.1 Å². The Balaban J connectivity index is 1.57. The lowest BCUT2D eigenvalue weighted by atomic mass is 10.3. The number of hydrogen-bond acceptors (Lipinski definition) is 6. The minimum Gasteiger partial charge on any atom is -0.461 e. The summed E-state index contributed by atoms with van der Waals surface area (Å²) in [6.45, 7) is 0.428. The largest absolute Gasteiger partial charge is 0.461 e. The van der Waals surface area contributed by atoms with E-state index >= 15 is 0 Å². The van der Waals surface area contributed by atoms with E-state index in [-0.39, 0.29) is 11.6 Å². The Labute approximate surface area is 113 Å². The van der Waals surface area contributed by atoms with E-state index in [9.17, 15) is 4.79 Å². The second-order valence-corrected chi connectivity index (χ2v) is 3.99. The van der Waals surface area contributed by atoms with Crippen molar-refractivity contribution in [2.75, 3.05) is 6.54 Å². The Morgan fingerprint density at radius 1 is 1.40 bits per heavy atom. The van der Waals surface area contributed by atoms with E-state index in [1.54, 1.807) is 12.1 Å². The highest BCUT2D eigenvalue weighted by Crippen LogP contribution is 2.20. The Morgan fingerprint density at radius 3 is 3.10 bits per heavy atom. The molecule has 8 nitrogen and oxygen atoms in total. The fourth-order valence-electron chi connectivity index (χ4n) is 1.65. The number of amides is 1. The lowest BCUT2D eigenvalue weighted by molar-refractivity contribution is 0.0945. The van der Waals surface area contributed by atoms with Crippen molar-refractivity contribution >= 4 is 5.91 Å². The first-order valence-corrected chi connectivity index (χ1v) is 5.96. The predicted octanol–water partition coefficient (Wildman–Crippen LogP) is 1.03. The number of aromatic amines is 1. The van der Waals surface area contributed by atoms with E-state index in [1.807, 2.05) is 0 Å². The standard InChI is InChI=1S/C12H11N5O3/c18-12(13-4-3-11-14-7-15-16-11)8-6-10(20-17-8)9-2-1-5-19-9/h1-2,5-7H,3-4H2,(H,13,18)(H,14,15,16). The number of rotatable bonds is 5. The van der Waals surface area contributed by atoms with Gasteiger partial charge in [0, 0.05) is 19.0 Å².